The summed E-state index contributed by atoms with van der Waals surface area (Å²) in [5.74, 6) is 2.70. The van der Waals surface area contributed by atoms with Crippen molar-refractivity contribution in [2.24, 2.45) is 11.8 Å². The molecule has 1 saturated carbocycles. The Balaban J connectivity index is 1.56. The SMILES string of the molecule is C[C@H]1C[C@@H]1CN(Cc1ccccc1)c1cc(-c2ncc([C@@](C)(Cc3ccccc3)NC(=O)OC(C)(C)C)o2)cc(N(C)S(C)(=O)=O)n1. The third kappa shape index (κ3) is 8.91. The van der Waals surface area contributed by atoms with Gasteiger partial charge in [-0.2, -0.15) is 0 Å². The third-order valence-electron chi connectivity index (χ3n) is 8.36. The van der Waals surface area contributed by atoms with Crippen LogP contribution in [0.15, 0.2) is 83.4 Å². The summed E-state index contributed by atoms with van der Waals surface area (Å²) in [6, 6.07) is 23.5. The molecular formula is C36H45N5O5S. The standard InChI is InChI=1S/C36H45N5O5S/c1-25-18-29(25)24-41(23-27-16-12-9-13-17-27)32-20-28(19-31(38-32)40(6)47(7,43)44)33-37-22-30(45-33)36(5,21-26-14-10-8-11-15-26)39-34(42)46-35(2,3)4/h8-17,19-20,22,25,29H,18,21,23-24H2,1-7H3,(H,39,42)/t25-,29+,36+/m0/s1. The van der Waals surface area contributed by atoms with Crippen LogP contribution in [0.5, 0.6) is 0 Å². The van der Waals surface area contributed by atoms with Gasteiger partial charge in [0.2, 0.25) is 15.9 Å². The Morgan fingerprint density at radius 3 is 2.17 bits per heavy atom. The number of oxazole rings is 1. The molecule has 0 spiro atoms. The third-order valence-corrected chi connectivity index (χ3v) is 9.55. The van der Waals surface area contributed by atoms with E-state index in [9.17, 15) is 13.2 Å². The molecule has 11 heteroatoms. The summed E-state index contributed by atoms with van der Waals surface area (Å²) in [5.41, 5.74) is 0.961. The van der Waals surface area contributed by atoms with E-state index in [1.165, 1.54) is 7.05 Å². The summed E-state index contributed by atoms with van der Waals surface area (Å²) in [7, 11) is -2.13. The lowest BCUT2D eigenvalue weighted by molar-refractivity contribution is 0.0447. The van der Waals surface area contributed by atoms with Crippen molar-refractivity contribution >= 4 is 27.8 Å². The highest BCUT2D eigenvalue weighted by atomic mass is 32.2. The van der Waals surface area contributed by atoms with E-state index in [0.29, 0.717) is 41.9 Å². The normalized spacial score (nSPS) is 17.4. The molecule has 250 valence electrons. The molecule has 5 rings (SSSR count). The van der Waals surface area contributed by atoms with Crippen molar-refractivity contribution in [3.8, 4) is 11.5 Å². The topological polar surface area (TPSA) is 118 Å². The Bertz CT molecular complexity index is 1790. The lowest BCUT2D eigenvalue weighted by atomic mass is 9.90. The zero-order valence-electron chi connectivity index (χ0n) is 28.2. The van der Waals surface area contributed by atoms with Gasteiger partial charge in [-0.1, -0.05) is 67.6 Å². The maximum Gasteiger partial charge on any atom is 0.408 e. The molecule has 2 aromatic carbocycles. The van der Waals surface area contributed by atoms with Gasteiger partial charge in [0.1, 0.15) is 22.8 Å². The molecule has 1 amide bonds. The number of benzene rings is 2. The molecule has 0 aliphatic heterocycles. The summed E-state index contributed by atoms with van der Waals surface area (Å²) in [4.78, 5) is 24.7. The smallest absolute Gasteiger partial charge is 0.408 e. The average Bonchev–Trinajstić information content (AvgIpc) is 3.45. The molecular weight excluding hydrogens is 614 g/mol. The van der Waals surface area contributed by atoms with E-state index in [4.69, 9.17) is 14.1 Å². The molecule has 0 saturated heterocycles. The van der Waals surface area contributed by atoms with Gasteiger partial charge in [0, 0.05) is 32.1 Å². The molecule has 0 bridgehead atoms. The first-order valence-electron chi connectivity index (χ1n) is 15.9. The Morgan fingerprint density at radius 1 is 1.00 bits per heavy atom. The van der Waals surface area contributed by atoms with E-state index in [1.807, 2.05) is 82.3 Å². The predicted molar refractivity (Wildman–Crippen MR) is 185 cm³/mol. The summed E-state index contributed by atoms with van der Waals surface area (Å²) >= 11 is 0. The van der Waals surface area contributed by atoms with Crippen molar-refractivity contribution in [1.82, 2.24) is 15.3 Å². The van der Waals surface area contributed by atoms with E-state index in [-0.39, 0.29) is 11.7 Å². The maximum atomic E-state index is 13.0. The van der Waals surface area contributed by atoms with Crippen molar-refractivity contribution in [2.75, 3.05) is 29.1 Å². The van der Waals surface area contributed by atoms with Crippen LogP contribution in [0, 0.1) is 11.8 Å². The number of sulfonamides is 1. The number of carbonyl (C=O) groups excluding carboxylic acids is 1. The van der Waals surface area contributed by atoms with Crippen molar-refractivity contribution in [3.05, 3.63) is 95.9 Å². The largest absolute Gasteiger partial charge is 0.444 e. The van der Waals surface area contributed by atoms with Gasteiger partial charge in [0.25, 0.3) is 0 Å². The second-order valence-electron chi connectivity index (χ2n) is 13.8. The zero-order chi connectivity index (χ0) is 34.0. The van der Waals surface area contributed by atoms with Gasteiger partial charge in [-0.25, -0.2) is 23.2 Å². The first kappa shape index (κ1) is 34.0. The zero-order valence-corrected chi connectivity index (χ0v) is 29.0. The minimum Gasteiger partial charge on any atom is -0.444 e. The fourth-order valence-corrected chi connectivity index (χ4v) is 5.92. The molecule has 47 heavy (non-hydrogen) atoms. The van der Waals surface area contributed by atoms with Gasteiger partial charge < -0.3 is 19.4 Å². The molecule has 3 atom stereocenters. The van der Waals surface area contributed by atoms with E-state index >= 15 is 0 Å². The van der Waals surface area contributed by atoms with Crippen LogP contribution in [-0.4, -0.2) is 49.9 Å². The van der Waals surface area contributed by atoms with Gasteiger partial charge >= 0.3 is 6.09 Å². The predicted octanol–water partition coefficient (Wildman–Crippen LogP) is 6.78. The van der Waals surface area contributed by atoms with Crippen LogP contribution >= 0.6 is 0 Å². The molecule has 4 aromatic rings. The van der Waals surface area contributed by atoms with E-state index < -0.39 is 27.3 Å². The number of anilines is 2. The highest BCUT2D eigenvalue weighted by Crippen LogP contribution is 2.40. The summed E-state index contributed by atoms with van der Waals surface area (Å²) in [6.45, 7) is 10.9. The van der Waals surface area contributed by atoms with E-state index in [1.54, 1.807) is 12.3 Å². The summed E-state index contributed by atoms with van der Waals surface area (Å²) in [6.07, 6.45) is 3.71. The van der Waals surface area contributed by atoms with Crippen molar-refractivity contribution in [3.63, 3.8) is 0 Å². The fourth-order valence-electron chi connectivity index (χ4n) is 5.49. The lowest BCUT2D eigenvalue weighted by Gasteiger charge is -2.30. The number of hydrogen-bond donors (Lipinski definition) is 1. The second-order valence-corrected chi connectivity index (χ2v) is 15.8. The highest BCUT2D eigenvalue weighted by molar-refractivity contribution is 7.92. The average molecular weight is 660 g/mol. The first-order chi connectivity index (χ1) is 22.1. The molecule has 0 unspecified atom stereocenters. The number of ether oxygens (including phenoxy) is 1. The van der Waals surface area contributed by atoms with Crippen LogP contribution in [0.4, 0.5) is 16.4 Å². The number of hydrogen-bond acceptors (Lipinski definition) is 8. The van der Waals surface area contributed by atoms with Crippen LogP contribution in [0.25, 0.3) is 11.5 Å². The fraction of sp³-hybridized carbons (Fsp3) is 0.417. The summed E-state index contributed by atoms with van der Waals surface area (Å²) < 4.78 is 38.5. The molecule has 1 fully saturated rings. The number of aromatic nitrogens is 2. The van der Waals surface area contributed by atoms with Crippen LogP contribution in [0.2, 0.25) is 0 Å². The van der Waals surface area contributed by atoms with Gasteiger partial charge in [-0.3, -0.25) is 4.31 Å². The Labute approximate surface area is 278 Å². The Morgan fingerprint density at radius 2 is 1.60 bits per heavy atom. The van der Waals surface area contributed by atoms with Crippen molar-refractivity contribution in [2.45, 2.75) is 65.1 Å². The molecule has 2 aromatic heterocycles. The van der Waals surface area contributed by atoms with Crippen LogP contribution < -0.4 is 14.5 Å². The van der Waals surface area contributed by atoms with E-state index in [0.717, 1.165) is 34.7 Å². The second kappa shape index (κ2) is 13.4. The number of alkyl carbamates (subject to hydrolysis) is 1. The number of carbonyl (C=O) groups is 1. The minimum absolute atomic E-state index is 0.251. The summed E-state index contributed by atoms with van der Waals surface area (Å²) in [5, 5.41) is 3.02. The molecule has 1 aliphatic carbocycles. The number of pyridine rings is 1. The highest BCUT2D eigenvalue weighted by Gasteiger charge is 2.36. The van der Waals surface area contributed by atoms with Gasteiger partial charge in [-0.05, 0) is 69.2 Å². The molecule has 1 aliphatic rings. The number of amides is 1. The van der Waals surface area contributed by atoms with Crippen molar-refractivity contribution in [1.29, 1.82) is 0 Å². The Hall–Kier alpha value is -4.38. The minimum atomic E-state index is -3.62. The number of nitrogens with one attached hydrogen (secondary N) is 1. The van der Waals surface area contributed by atoms with E-state index in [2.05, 4.69) is 34.3 Å². The van der Waals surface area contributed by atoms with Gasteiger partial charge in [0.05, 0.1) is 12.5 Å². The number of nitrogens with zero attached hydrogens (tertiary/aromatic N) is 4. The number of rotatable bonds is 12. The maximum absolute atomic E-state index is 13.0. The van der Waals surface area contributed by atoms with Gasteiger partial charge in [-0.15, -0.1) is 0 Å². The lowest BCUT2D eigenvalue weighted by Crippen LogP contribution is -2.47. The van der Waals surface area contributed by atoms with Crippen LogP contribution in [-0.2, 0) is 33.3 Å². The molecule has 2 heterocycles. The molecule has 1 N–H and O–H groups in total. The quantitative estimate of drug-likeness (QED) is 0.177. The monoisotopic (exact) mass is 659 g/mol. The van der Waals surface area contributed by atoms with Crippen molar-refractivity contribution < 1.29 is 22.4 Å². The molecule has 10 nitrogen and oxygen atoms in total. The first-order valence-corrected chi connectivity index (χ1v) is 17.7. The Kier molecular flexibility index (Phi) is 9.68. The van der Waals surface area contributed by atoms with Crippen LogP contribution in [0.1, 0.15) is 57.9 Å². The molecule has 0 radical (unpaired) electrons. The van der Waals surface area contributed by atoms with Gasteiger partial charge in [0.15, 0.2) is 5.76 Å². The van der Waals surface area contributed by atoms with Crippen LogP contribution in [0.3, 0.4) is 0 Å².